The van der Waals surface area contributed by atoms with Gasteiger partial charge < -0.3 is 0 Å². The molecule has 1 atom stereocenters. The van der Waals surface area contributed by atoms with Gasteiger partial charge in [0.2, 0.25) is 10.0 Å². The molecule has 0 aliphatic carbocycles. The lowest BCUT2D eigenvalue weighted by Crippen LogP contribution is -2.35. The Bertz CT molecular complexity index is 728. The van der Waals surface area contributed by atoms with Gasteiger partial charge in [-0.05, 0) is 31.4 Å². The topological polar surface area (TPSA) is 131 Å². The van der Waals surface area contributed by atoms with Crippen molar-refractivity contribution in [1.29, 1.82) is 0 Å². The fourth-order valence-electron chi connectivity index (χ4n) is 1.59. The largest absolute Gasteiger partial charge is 0.272 e. The minimum absolute atomic E-state index is 0.166. The number of nitro benzene ring substituents is 1. The van der Waals surface area contributed by atoms with Crippen molar-refractivity contribution in [3.8, 4) is 0 Å². The average Bonchev–Trinajstić information content (AvgIpc) is 2.57. The summed E-state index contributed by atoms with van der Waals surface area (Å²) in [4.78, 5) is 21.4. The summed E-state index contributed by atoms with van der Waals surface area (Å²) in [5, 5.41) is 14.5. The molecule has 0 saturated heterocycles. The normalized spacial score (nSPS) is 13.4. The molecule has 10 heteroatoms. The quantitative estimate of drug-likeness (QED) is 0.413. The third kappa shape index (κ3) is 5.70. The number of sulfonamides is 1. The summed E-state index contributed by atoms with van der Waals surface area (Å²) in [6.07, 6.45) is 0.873. The number of hydrogen-bond donors (Lipinski definition) is 2. The van der Waals surface area contributed by atoms with Crippen molar-refractivity contribution < 1.29 is 18.1 Å². The van der Waals surface area contributed by atoms with E-state index in [2.05, 4.69) is 15.2 Å². The van der Waals surface area contributed by atoms with Crippen LogP contribution in [0.2, 0.25) is 0 Å². The van der Waals surface area contributed by atoms with Crippen LogP contribution in [-0.4, -0.2) is 31.5 Å². The van der Waals surface area contributed by atoms with Gasteiger partial charge in [-0.1, -0.05) is 13.8 Å². The summed E-state index contributed by atoms with van der Waals surface area (Å²) < 4.78 is 26.1. The smallest absolute Gasteiger partial charge is 0.269 e. The Kier molecular flexibility index (Phi) is 6.98. The van der Waals surface area contributed by atoms with Crippen LogP contribution in [0.1, 0.15) is 27.2 Å². The van der Waals surface area contributed by atoms with Crippen molar-refractivity contribution in [1.82, 2.24) is 10.1 Å². The van der Waals surface area contributed by atoms with Crippen molar-refractivity contribution in [2.24, 2.45) is 11.0 Å². The minimum Gasteiger partial charge on any atom is -0.272 e. The van der Waals surface area contributed by atoms with E-state index in [1.807, 2.05) is 13.8 Å². The monoisotopic (exact) mass is 356 g/mol. The number of carbonyl (C=O) groups is 1. The first-order valence-electron chi connectivity index (χ1n) is 7.24. The molecule has 0 aliphatic rings. The van der Waals surface area contributed by atoms with Gasteiger partial charge in [-0.2, -0.15) is 5.10 Å². The molecule has 1 rings (SSSR count). The van der Waals surface area contributed by atoms with Gasteiger partial charge in [0.15, 0.2) is 0 Å². The van der Waals surface area contributed by atoms with E-state index in [-0.39, 0.29) is 16.5 Å². The Morgan fingerprint density at radius 3 is 2.42 bits per heavy atom. The van der Waals surface area contributed by atoms with E-state index in [0.717, 1.165) is 36.4 Å². The number of carbonyl (C=O) groups excluding carboxylic acids is 1. The molecule has 0 spiro atoms. The number of non-ortho nitro benzene ring substituents is 1. The lowest BCUT2D eigenvalue weighted by atomic mass is 10.1. The van der Waals surface area contributed by atoms with E-state index in [9.17, 15) is 23.3 Å². The maximum Gasteiger partial charge on any atom is 0.269 e. The highest BCUT2D eigenvalue weighted by Gasteiger charge is 2.17. The van der Waals surface area contributed by atoms with Crippen molar-refractivity contribution in [3.05, 3.63) is 34.4 Å². The van der Waals surface area contributed by atoms with E-state index in [4.69, 9.17) is 0 Å². The van der Waals surface area contributed by atoms with Crippen LogP contribution in [-0.2, 0) is 14.8 Å². The second-order valence-corrected chi connectivity index (χ2v) is 6.94. The second kappa shape index (κ2) is 8.50. The summed E-state index contributed by atoms with van der Waals surface area (Å²) in [7, 11) is -3.94. The maximum absolute atomic E-state index is 12.0. The molecule has 9 nitrogen and oxygen atoms in total. The number of hydrazone groups is 1. The minimum atomic E-state index is -3.94. The summed E-state index contributed by atoms with van der Waals surface area (Å²) in [5.74, 6) is -0.398. The Morgan fingerprint density at radius 1 is 1.33 bits per heavy atom. The first kappa shape index (κ1) is 19.7. The van der Waals surface area contributed by atoms with Crippen molar-refractivity contribution in [2.75, 3.05) is 6.54 Å². The standard InChI is InChI=1S/C14H20N4O5S/c1-4-10(2)11(3)16-17-14(19)9-15-24(22,23)13-7-5-12(6-8-13)18(20)21/h5-8,10,15H,4,9H2,1-3H3,(H,17,19). The summed E-state index contributed by atoms with van der Waals surface area (Å²) in [5.41, 5.74) is 2.80. The molecular formula is C14H20N4O5S. The molecule has 1 amide bonds. The lowest BCUT2D eigenvalue weighted by molar-refractivity contribution is -0.384. The van der Waals surface area contributed by atoms with Crippen LogP contribution in [0.25, 0.3) is 0 Å². The van der Waals surface area contributed by atoms with Crippen molar-refractivity contribution >= 4 is 27.3 Å². The zero-order valence-electron chi connectivity index (χ0n) is 13.6. The van der Waals surface area contributed by atoms with Gasteiger partial charge in [0.1, 0.15) is 0 Å². The molecule has 0 bridgehead atoms. The van der Waals surface area contributed by atoms with Gasteiger partial charge >= 0.3 is 0 Å². The highest BCUT2D eigenvalue weighted by atomic mass is 32.2. The molecule has 0 aliphatic heterocycles. The number of nitro groups is 1. The first-order valence-corrected chi connectivity index (χ1v) is 8.72. The number of amides is 1. The molecule has 0 radical (unpaired) electrons. The van der Waals surface area contributed by atoms with E-state index < -0.39 is 27.4 Å². The molecule has 0 fully saturated rings. The van der Waals surface area contributed by atoms with E-state index in [1.54, 1.807) is 6.92 Å². The number of benzene rings is 1. The molecule has 1 aromatic carbocycles. The van der Waals surface area contributed by atoms with Crippen LogP contribution in [0.4, 0.5) is 5.69 Å². The number of rotatable bonds is 8. The molecule has 2 N–H and O–H groups in total. The van der Waals surface area contributed by atoms with Gasteiger partial charge in [-0.15, -0.1) is 0 Å². The van der Waals surface area contributed by atoms with E-state index >= 15 is 0 Å². The fraction of sp³-hybridized carbons (Fsp3) is 0.429. The second-order valence-electron chi connectivity index (χ2n) is 5.17. The van der Waals surface area contributed by atoms with Crippen LogP contribution >= 0.6 is 0 Å². The summed E-state index contributed by atoms with van der Waals surface area (Å²) in [6, 6.07) is 4.36. The lowest BCUT2D eigenvalue weighted by Gasteiger charge is -2.09. The Morgan fingerprint density at radius 2 is 1.92 bits per heavy atom. The summed E-state index contributed by atoms with van der Waals surface area (Å²) >= 11 is 0. The molecule has 0 heterocycles. The molecular weight excluding hydrogens is 336 g/mol. The van der Waals surface area contributed by atoms with Crippen LogP contribution < -0.4 is 10.1 Å². The van der Waals surface area contributed by atoms with Crippen molar-refractivity contribution in [3.63, 3.8) is 0 Å². The van der Waals surface area contributed by atoms with Crippen LogP contribution in [0.15, 0.2) is 34.3 Å². The van der Waals surface area contributed by atoms with Crippen molar-refractivity contribution in [2.45, 2.75) is 32.1 Å². The zero-order valence-corrected chi connectivity index (χ0v) is 14.5. The van der Waals surface area contributed by atoms with Gasteiger partial charge in [0.05, 0.1) is 16.4 Å². The molecule has 0 aromatic heterocycles. The summed E-state index contributed by atoms with van der Waals surface area (Å²) in [6.45, 7) is 5.23. The molecule has 1 unspecified atom stereocenters. The van der Waals surface area contributed by atoms with Crippen LogP contribution in [0.5, 0.6) is 0 Å². The van der Waals surface area contributed by atoms with Crippen LogP contribution in [0, 0.1) is 16.0 Å². The predicted octanol–water partition coefficient (Wildman–Crippen LogP) is 1.41. The Labute approximate surface area is 140 Å². The van der Waals surface area contributed by atoms with E-state index in [1.165, 1.54) is 0 Å². The van der Waals surface area contributed by atoms with Gasteiger partial charge in [-0.3, -0.25) is 14.9 Å². The average molecular weight is 356 g/mol. The van der Waals surface area contributed by atoms with Gasteiger partial charge in [-0.25, -0.2) is 18.6 Å². The third-order valence-electron chi connectivity index (χ3n) is 3.46. The molecule has 132 valence electrons. The van der Waals surface area contributed by atoms with Gasteiger partial charge in [0, 0.05) is 17.8 Å². The van der Waals surface area contributed by atoms with Gasteiger partial charge in [0.25, 0.3) is 11.6 Å². The fourth-order valence-corrected chi connectivity index (χ4v) is 2.57. The molecule has 1 aromatic rings. The van der Waals surface area contributed by atoms with Crippen LogP contribution in [0.3, 0.4) is 0 Å². The predicted molar refractivity (Wildman–Crippen MR) is 89.0 cm³/mol. The zero-order chi connectivity index (χ0) is 18.3. The SMILES string of the molecule is CCC(C)C(C)=NNC(=O)CNS(=O)(=O)c1ccc([N+](=O)[O-])cc1. The first-order chi connectivity index (χ1) is 11.2. The third-order valence-corrected chi connectivity index (χ3v) is 4.88. The molecule has 24 heavy (non-hydrogen) atoms. The number of nitrogens with one attached hydrogen (secondary N) is 2. The molecule has 0 saturated carbocycles. The number of hydrogen-bond acceptors (Lipinski definition) is 6. The highest BCUT2D eigenvalue weighted by molar-refractivity contribution is 7.89. The highest BCUT2D eigenvalue weighted by Crippen LogP contribution is 2.15. The Hall–Kier alpha value is -2.33. The van der Waals surface area contributed by atoms with E-state index in [0.29, 0.717) is 0 Å². The maximum atomic E-state index is 12.0. The number of nitrogens with zero attached hydrogens (tertiary/aromatic N) is 2. The Balaban J connectivity index is 2.65.